The highest BCUT2D eigenvalue weighted by molar-refractivity contribution is 5.95. The van der Waals surface area contributed by atoms with Crippen LogP contribution in [-0.4, -0.2) is 26.3 Å². The Kier molecular flexibility index (Phi) is 3.49. The lowest BCUT2D eigenvalue weighted by Gasteiger charge is -2.13. The summed E-state index contributed by atoms with van der Waals surface area (Å²) in [5, 5.41) is 21.7. The second-order valence-electron chi connectivity index (χ2n) is 4.95. The van der Waals surface area contributed by atoms with Gasteiger partial charge in [-0.3, -0.25) is 10.0 Å². The van der Waals surface area contributed by atoms with Crippen LogP contribution in [0.25, 0.3) is 0 Å². The molecule has 1 aromatic carbocycles. The van der Waals surface area contributed by atoms with E-state index < -0.39 is 5.91 Å². The van der Waals surface area contributed by atoms with E-state index in [1.165, 1.54) is 12.3 Å². The summed E-state index contributed by atoms with van der Waals surface area (Å²) >= 11 is 0. The van der Waals surface area contributed by atoms with Crippen molar-refractivity contribution in [1.29, 1.82) is 0 Å². The van der Waals surface area contributed by atoms with Gasteiger partial charge in [0.15, 0.2) is 0 Å². The van der Waals surface area contributed by atoms with Gasteiger partial charge in [-0.05, 0) is 30.4 Å². The van der Waals surface area contributed by atoms with Gasteiger partial charge in [-0.15, -0.1) is 4.85 Å². The lowest BCUT2D eigenvalue weighted by Crippen LogP contribution is -2.21. The van der Waals surface area contributed by atoms with E-state index in [0.29, 0.717) is 16.3 Å². The van der Waals surface area contributed by atoms with Crippen LogP contribution in [0.15, 0.2) is 30.5 Å². The Balaban J connectivity index is 1.88. The molecule has 1 saturated carbocycles. The number of benzene rings is 1. The number of carbonyl (C=O) groups excluding carboxylic acids is 1. The van der Waals surface area contributed by atoms with Crippen LogP contribution in [-0.2, 0) is 6.61 Å². The van der Waals surface area contributed by atoms with Crippen molar-refractivity contribution in [2.75, 3.05) is 0 Å². The molecule has 3 N–H and O–H groups in total. The van der Waals surface area contributed by atoms with E-state index in [9.17, 15) is 4.79 Å². The first-order valence-corrected chi connectivity index (χ1v) is 6.63. The fraction of sp³-hybridized carbons (Fsp3) is 0.286. The number of amides is 1. The Morgan fingerprint density at radius 2 is 2.24 bits per heavy atom. The number of ether oxygens (including phenoxy) is 1. The Hall–Kier alpha value is -2.54. The zero-order valence-electron chi connectivity index (χ0n) is 11.2. The summed E-state index contributed by atoms with van der Waals surface area (Å²) in [5.41, 5.74) is 3.83. The van der Waals surface area contributed by atoms with Gasteiger partial charge in [-0.2, -0.15) is 0 Å². The number of nitrogens with zero attached hydrogens (tertiary/aromatic N) is 2. The van der Waals surface area contributed by atoms with Crippen LogP contribution in [0.4, 0.5) is 0 Å². The van der Waals surface area contributed by atoms with Gasteiger partial charge in [0, 0.05) is 17.2 Å². The number of aromatic nitrogens is 2. The maximum Gasteiger partial charge on any atom is 0.275 e. The predicted octanol–water partition coefficient (Wildman–Crippen LogP) is 1.70. The zero-order chi connectivity index (χ0) is 14.8. The third kappa shape index (κ3) is 2.82. The van der Waals surface area contributed by atoms with Crippen LogP contribution < -0.4 is 10.2 Å². The summed E-state index contributed by atoms with van der Waals surface area (Å²) in [7, 11) is 0. The van der Waals surface area contributed by atoms with Crippen LogP contribution in [0.5, 0.6) is 5.88 Å². The third-order valence-electron chi connectivity index (χ3n) is 3.49. The van der Waals surface area contributed by atoms with Crippen molar-refractivity contribution in [2.24, 2.45) is 0 Å². The van der Waals surface area contributed by atoms with Gasteiger partial charge in [0.05, 0.1) is 6.20 Å². The molecule has 0 saturated heterocycles. The van der Waals surface area contributed by atoms with Crippen molar-refractivity contribution in [3.8, 4) is 5.88 Å². The van der Waals surface area contributed by atoms with Gasteiger partial charge in [0.1, 0.15) is 6.61 Å². The molecule has 7 heteroatoms. The molecule has 3 rings (SSSR count). The van der Waals surface area contributed by atoms with E-state index >= 15 is 0 Å². The van der Waals surface area contributed by atoms with Gasteiger partial charge in [0.2, 0.25) is 5.88 Å². The largest absolute Gasteiger partial charge is 0.472 e. The van der Waals surface area contributed by atoms with Gasteiger partial charge >= 0.3 is 0 Å². The quantitative estimate of drug-likeness (QED) is 0.442. The van der Waals surface area contributed by atoms with Crippen molar-refractivity contribution in [2.45, 2.75) is 25.4 Å². The third-order valence-corrected chi connectivity index (χ3v) is 3.49. The summed E-state index contributed by atoms with van der Waals surface area (Å²) in [5.74, 6) is 0.132. The highest BCUT2D eigenvalue weighted by Crippen LogP contribution is 2.42. The summed E-state index contributed by atoms with van der Waals surface area (Å²) in [4.78, 5) is 12.4. The number of hydroxylamine groups is 1. The number of nitrogens with one attached hydrogen (secondary N) is 1. The van der Waals surface area contributed by atoms with Gasteiger partial charge in [-0.1, -0.05) is 17.2 Å². The normalized spacial score (nSPS) is 14.0. The second-order valence-corrected chi connectivity index (χ2v) is 4.95. The maximum atomic E-state index is 11.8. The molecule has 0 aliphatic heterocycles. The molecule has 0 bridgehead atoms. The van der Waals surface area contributed by atoms with E-state index in [0.717, 1.165) is 24.0 Å². The molecule has 1 heterocycles. The summed E-state index contributed by atoms with van der Waals surface area (Å²) in [6.07, 6.45) is 3.52. The van der Waals surface area contributed by atoms with Crippen LogP contribution >= 0.6 is 0 Å². The average Bonchev–Trinajstić information content (AvgIpc) is 3.26. The first kappa shape index (κ1) is 13.4. The highest BCUT2D eigenvalue weighted by Gasteiger charge is 2.28. The molecule has 1 aromatic heterocycles. The summed E-state index contributed by atoms with van der Waals surface area (Å²) < 4.78 is 5.51. The number of carbonyl (C=O) groups is 1. The predicted molar refractivity (Wildman–Crippen MR) is 71.4 cm³/mol. The summed E-state index contributed by atoms with van der Waals surface area (Å²) in [6, 6.07) is 6.92. The first-order valence-electron chi connectivity index (χ1n) is 6.63. The standard InChI is InChI=1S/C14H15N3O4/c18-14(16-19)11-3-1-2-10(9-4-5-9)12(11)8-21-13-6-7-17(20)15-13/h1-3,6-7,9,19-20H,4-5,8H2,(H,16,18). The Labute approximate surface area is 120 Å². The smallest absolute Gasteiger partial charge is 0.275 e. The van der Waals surface area contributed by atoms with Gasteiger partial charge < -0.3 is 9.94 Å². The fourth-order valence-corrected chi connectivity index (χ4v) is 2.34. The number of rotatable bonds is 5. The van der Waals surface area contributed by atoms with Crippen molar-refractivity contribution >= 4 is 5.91 Å². The molecule has 0 spiro atoms. The van der Waals surface area contributed by atoms with Crippen molar-refractivity contribution in [3.63, 3.8) is 0 Å². The van der Waals surface area contributed by atoms with E-state index in [-0.39, 0.29) is 12.5 Å². The topological polar surface area (TPSA) is 96.6 Å². The van der Waals surface area contributed by atoms with Gasteiger partial charge in [0.25, 0.3) is 5.91 Å². The molecule has 21 heavy (non-hydrogen) atoms. The zero-order valence-corrected chi connectivity index (χ0v) is 11.2. The summed E-state index contributed by atoms with van der Waals surface area (Å²) in [6.45, 7) is 0.145. The van der Waals surface area contributed by atoms with Crippen LogP contribution in [0, 0.1) is 0 Å². The molecule has 1 amide bonds. The Morgan fingerprint density at radius 1 is 1.43 bits per heavy atom. The lowest BCUT2D eigenvalue weighted by atomic mass is 9.98. The second kappa shape index (κ2) is 5.45. The van der Waals surface area contributed by atoms with Crippen molar-refractivity contribution < 1.29 is 19.9 Å². The number of hydrogen-bond acceptors (Lipinski definition) is 5. The molecule has 110 valence electrons. The monoisotopic (exact) mass is 289 g/mol. The molecule has 1 fully saturated rings. The molecule has 0 unspecified atom stereocenters. The van der Waals surface area contributed by atoms with Crippen molar-refractivity contribution in [1.82, 2.24) is 15.4 Å². The minimum atomic E-state index is -0.566. The van der Waals surface area contributed by atoms with Crippen LogP contribution in [0.3, 0.4) is 0 Å². The Bertz CT molecular complexity index is 664. The molecule has 1 aliphatic carbocycles. The number of hydrogen-bond donors (Lipinski definition) is 3. The lowest BCUT2D eigenvalue weighted by molar-refractivity contribution is 0.0703. The van der Waals surface area contributed by atoms with Crippen molar-refractivity contribution in [3.05, 3.63) is 47.2 Å². The molecule has 2 aromatic rings. The molecule has 0 radical (unpaired) electrons. The molecule has 7 nitrogen and oxygen atoms in total. The average molecular weight is 289 g/mol. The molecule has 1 aliphatic rings. The minimum absolute atomic E-state index is 0.145. The van der Waals surface area contributed by atoms with E-state index in [4.69, 9.17) is 15.2 Å². The first-order chi connectivity index (χ1) is 10.2. The molecular weight excluding hydrogens is 274 g/mol. The van der Waals surface area contributed by atoms with E-state index in [2.05, 4.69) is 5.10 Å². The molecular formula is C14H15N3O4. The fourth-order valence-electron chi connectivity index (χ4n) is 2.34. The minimum Gasteiger partial charge on any atom is -0.472 e. The molecule has 0 atom stereocenters. The van der Waals surface area contributed by atoms with E-state index in [1.54, 1.807) is 17.6 Å². The van der Waals surface area contributed by atoms with Crippen LogP contribution in [0.1, 0.15) is 40.2 Å². The maximum absolute atomic E-state index is 11.8. The van der Waals surface area contributed by atoms with E-state index in [1.807, 2.05) is 6.07 Å². The SMILES string of the molecule is O=C(NO)c1cccc(C2CC2)c1COc1ccn(O)n1. The highest BCUT2D eigenvalue weighted by atomic mass is 16.5. The van der Waals surface area contributed by atoms with Gasteiger partial charge in [-0.25, -0.2) is 5.48 Å². The van der Waals surface area contributed by atoms with Crippen LogP contribution in [0.2, 0.25) is 0 Å². The Morgan fingerprint density at radius 3 is 2.86 bits per heavy atom.